The molecule has 0 aromatic heterocycles. The van der Waals surface area contributed by atoms with E-state index in [2.05, 4.69) is 20.8 Å². The first-order valence-electron chi connectivity index (χ1n) is 28.5. The molecule has 0 spiro atoms. The van der Waals surface area contributed by atoms with Gasteiger partial charge in [-0.2, -0.15) is 0 Å². The van der Waals surface area contributed by atoms with Crippen molar-refractivity contribution in [3.63, 3.8) is 0 Å². The van der Waals surface area contributed by atoms with Gasteiger partial charge in [0.15, 0.2) is 6.10 Å². The molecule has 63 heavy (non-hydrogen) atoms. The van der Waals surface area contributed by atoms with Gasteiger partial charge in [0.05, 0.1) is 0 Å². The SMILES string of the molecule is CCCCCCCCCCCCCCCCCCC(=O)OC[C@H](COC(=O)CCCCCCCCCCCCCCCC)OC(=O)CCCCCCCCCCCCCCCCC. The molecule has 0 aliphatic heterocycles. The molecule has 0 aromatic carbocycles. The smallest absolute Gasteiger partial charge is 0.306 e. The lowest BCUT2D eigenvalue weighted by molar-refractivity contribution is -0.167. The summed E-state index contributed by atoms with van der Waals surface area (Å²) in [6.45, 7) is 6.71. The van der Waals surface area contributed by atoms with Gasteiger partial charge in [-0.05, 0) is 19.3 Å². The molecule has 0 bridgehead atoms. The van der Waals surface area contributed by atoms with Crippen LogP contribution < -0.4 is 0 Å². The lowest BCUT2D eigenvalue weighted by Gasteiger charge is -2.18. The summed E-state index contributed by atoms with van der Waals surface area (Å²) in [7, 11) is 0. The Morgan fingerprint density at radius 2 is 0.429 bits per heavy atom. The zero-order chi connectivity index (χ0) is 45.8. The van der Waals surface area contributed by atoms with Crippen LogP contribution in [0.2, 0.25) is 0 Å². The van der Waals surface area contributed by atoms with Gasteiger partial charge in [-0.25, -0.2) is 0 Å². The monoisotopic (exact) mass is 891 g/mol. The molecule has 0 amide bonds. The van der Waals surface area contributed by atoms with Gasteiger partial charge in [0.1, 0.15) is 13.2 Å². The summed E-state index contributed by atoms with van der Waals surface area (Å²) in [5.74, 6) is -0.832. The number of carbonyl (C=O) groups excluding carboxylic acids is 3. The van der Waals surface area contributed by atoms with Crippen molar-refractivity contribution < 1.29 is 28.6 Å². The van der Waals surface area contributed by atoms with Crippen molar-refractivity contribution in [1.29, 1.82) is 0 Å². The molecule has 0 heterocycles. The molecule has 1 atom stereocenters. The van der Waals surface area contributed by atoms with Crippen LogP contribution >= 0.6 is 0 Å². The molecule has 0 aromatic rings. The Hall–Kier alpha value is -1.59. The Balaban J connectivity index is 4.29. The quantitative estimate of drug-likeness (QED) is 0.0344. The van der Waals surface area contributed by atoms with E-state index in [1.54, 1.807) is 0 Å². The number of unbranched alkanes of at least 4 members (excludes halogenated alkanes) is 42. The molecule has 0 saturated heterocycles. The maximum Gasteiger partial charge on any atom is 0.306 e. The number of hydrogen-bond donors (Lipinski definition) is 0. The van der Waals surface area contributed by atoms with Crippen molar-refractivity contribution in [2.75, 3.05) is 13.2 Å². The largest absolute Gasteiger partial charge is 0.462 e. The van der Waals surface area contributed by atoms with Gasteiger partial charge in [0.2, 0.25) is 0 Å². The summed E-state index contributed by atoms with van der Waals surface area (Å²) in [6.07, 6.45) is 58.0. The minimum atomic E-state index is -0.760. The highest BCUT2D eigenvalue weighted by Gasteiger charge is 2.19. The van der Waals surface area contributed by atoms with Crippen molar-refractivity contribution in [3.8, 4) is 0 Å². The summed E-state index contributed by atoms with van der Waals surface area (Å²) < 4.78 is 16.9. The minimum Gasteiger partial charge on any atom is -0.462 e. The molecular formula is C57H110O6. The van der Waals surface area contributed by atoms with Gasteiger partial charge < -0.3 is 14.2 Å². The van der Waals surface area contributed by atoms with Crippen molar-refractivity contribution in [1.82, 2.24) is 0 Å². The molecule has 0 radical (unpaired) electrons. The molecule has 0 saturated carbocycles. The van der Waals surface area contributed by atoms with Crippen LogP contribution in [0.5, 0.6) is 0 Å². The Morgan fingerprint density at radius 3 is 0.635 bits per heavy atom. The van der Waals surface area contributed by atoms with Gasteiger partial charge in [0.25, 0.3) is 0 Å². The molecule has 0 N–H and O–H groups in total. The van der Waals surface area contributed by atoms with E-state index in [1.807, 2.05) is 0 Å². The molecule has 0 aliphatic rings. The number of esters is 3. The van der Waals surface area contributed by atoms with Crippen molar-refractivity contribution in [2.24, 2.45) is 0 Å². The van der Waals surface area contributed by atoms with Gasteiger partial charge in [-0.15, -0.1) is 0 Å². The Bertz CT molecular complexity index is 936. The lowest BCUT2D eigenvalue weighted by Crippen LogP contribution is -2.30. The van der Waals surface area contributed by atoms with Crippen LogP contribution in [-0.4, -0.2) is 37.2 Å². The van der Waals surface area contributed by atoms with Crippen LogP contribution in [0.4, 0.5) is 0 Å². The van der Waals surface area contributed by atoms with E-state index < -0.39 is 6.10 Å². The third kappa shape index (κ3) is 51.3. The second kappa shape index (κ2) is 53.0. The van der Waals surface area contributed by atoms with E-state index >= 15 is 0 Å². The summed E-state index contributed by atoms with van der Waals surface area (Å²) in [5, 5.41) is 0. The number of hydrogen-bond acceptors (Lipinski definition) is 6. The number of rotatable bonds is 53. The summed E-state index contributed by atoms with van der Waals surface area (Å²) in [5.41, 5.74) is 0. The highest BCUT2D eigenvalue weighted by Crippen LogP contribution is 2.17. The van der Waals surface area contributed by atoms with Crippen LogP contribution in [0.3, 0.4) is 0 Å². The minimum absolute atomic E-state index is 0.0611. The fourth-order valence-electron chi connectivity index (χ4n) is 8.80. The first kappa shape index (κ1) is 61.4. The molecule has 0 fully saturated rings. The van der Waals surface area contributed by atoms with E-state index in [4.69, 9.17) is 14.2 Å². The average molecular weight is 892 g/mol. The van der Waals surface area contributed by atoms with E-state index in [0.29, 0.717) is 19.3 Å². The lowest BCUT2D eigenvalue weighted by atomic mass is 10.0. The standard InChI is InChI=1S/C57H110O6/c1-4-7-10-13-16-19-22-25-28-30-32-35-38-41-44-47-50-56(59)62-53-54(52-61-55(58)49-46-43-40-37-34-31-27-24-21-18-15-12-9-6-3)63-57(60)51-48-45-42-39-36-33-29-26-23-20-17-14-11-8-5-2/h54H,4-53H2,1-3H3/t54-/m0/s1. The maximum absolute atomic E-state index is 12.8. The summed E-state index contributed by atoms with van der Waals surface area (Å²) >= 11 is 0. The topological polar surface area (TPSA) is 78.9 Å². The van der Waals surface area contributed by atoms with Crippen molar-refractivity contribution >= 4 is 17.9 Å². The van der Waals surface area contributed by atoms with Crippen LogP contribution in [0, 0.1) is 0 Å². The number of ether oxygens (including phenoxy) is 3. The first-order chi connectivity index (χ1) is 31.0. The molecule has 6 heteroatoms. The Labute approximate surface area is 393 Å². The van der Waals surface area contributed by atoms with Crippen LogP contribution in [-0.2, 0) is 28.6 Å². The average Bonchev–Trinajstić information content (AvgIpc) is 3.28. The van der Waals surface area contributed by atoms with Crippen LogP contribution in [0.1, 0.15) is 329 Å². The third-order valence-corrected chi connectivity index (χ3v) is 13.1. The predicted octanol–water partition coefficient (Wildman–Crippen LogP) is 18.8. The Morgan fingerprint density at radius 1 is 0.254 bits per heavy atom. The van der Waals surface area contributed by atoms with Crippen molar-refractivity contribution in [2.45, 2.75) is 335 Å². The van der Waals surface area contributed by atoms with Crippen LogP contribution in [0.25, 0.3) is 0 Å². The number of carbonyl (C=O) groups is 3. The molecule has 0 aliphatic carbocycles. The summed E-state index contributed by atoms with van der Waals surface area (Å²) in [6, 6.07) is 0. The fourth-order valence-corrected chi connectivity index (χ4v) is 8.80. The van der Waals surface area contributed by atoms with Gasteiger partial charge in [-0.3, -0.25) is 14.4 Å². The Kier molecular flexibility index (Phi) is 51.7. The molecule has 6 nitrogen and oxygen atoms in total. The van der Waals surface area contributed by atoms with E-state index in [0.717, 1.165) is 57.8 Å². The van der Waals surface area contributed by atoms with Gasteiger partial charge >= 0.3 is 17.9 Å². The van der Waals surface area contributed by atoms with Crippen molar-refractivity contribution in [3.05, 3.63) is 0 Å². The van der Waals surface area contributed by atoms with E-state index in [9.17, 15) is 14.4 Å². The summed E-state index contributed by atoms with van der Waals surface area (Å²) in [4.78, 5) is 38.1. The molecule has 0 unspecified atom stereocenters. The van der Waals surface area contributed by atoms with Gasteiger partial charge in [0, 0.05) is 19.3 Å². The predicted molar refractivity (Wildman–Crippen MR) is 270 cm³/mol. The van der Waals surface area contributed by atoms with E-state index in [1.165, 1.54) is 231 Å². The van der Waals surface area contributed by atoms with Gasteiger partial charge in [-0.1, -0.05) is 290 Å². The second-order valence-electron chi connectivity index (χ2n) is 19.6. The molecule has 0 rings (SSSR count). The first-order valence-corrected chi connectivity index (χ1v) is 28.5. The van der Waals surface area contributed by atoms with E-state index in [-0.39, 0.29) is 31.1 Å². The normalized spacial score (nSPS) is 11.9. The third-order valence-electron chi connectivity index (χ3n) is 13.1. The second-order valence-corrected chi connectivity index (χ2v) is 19.6. The zero-order valence-corrected chi connectivity index (χ0v) is 42.9. The van der Waals surface area contributed by atoms with Crippen LogP contribution in [0.15, 0.2) is 0 Å². The molecular weight excluding hydrogens is 781 g/mol. The highest BCUT2D eigenvalue weighted by molar-refractivity contribution is 5.71. The molecule has 374 valence electrons. The fraction of sp³-hybridized carbons (Fsp3) is 0.947. The highest BCUT2D eigenvalue weighted by atomic mass is 16.6. The zero-order valence-electron chi connectivity index (χ0n) is 42.9. The maximum atomic E-state index is 12.8.